The maximum Gasteiger partial charge on any atom is 0.167 e. The summed E-state index contributed by atoms with van der Waals surface area (Å²) >= 11 is 5.99. The van der Waals surface area contributed by atoms with Gasteiger partial charge in [-0.3, -0.25) is 0 Å². The average Bonchev–Trinajstić information content (AvgIpc) is 3.02. The van der Waals surface area contributed by atoms with Gasteiger partial charge in [-0.1, -0.05) is 16.8 Å². The van der Waals surface area contributed by atoms with E-state index in [9.17, 15) is 10.2 Å². The lowest BCUT2D eigenvalue weighted by Gasteiger charge is -2.34. The van der Waals surface area contributed by atoms with Crippen LogP contribution in [0, 0.1) is 0 Å². The van der Waals surface area contributed by atoms with Crippen molar-refractivity contribution in [2.24, 2.45) is 0 Å². The maximum absolute atomic E-state index is 10.2. The molecule has 1 aliphatic rings. The summed E-state index contributed by atoms with van der Waals surface area (Å²) < 4.78 is 5.39. The molecule has 130 valence electrons. The molecule has 7 heteroatoms. The van der Waals surface area contributed by atoms with E-state index >= 15 is 0 Å². The zero-order chi connectivity index (χ0) is 17.6. The van der Waals surface area contributed by atoms with E-state index in [0.717, 1.165) is 37.3 Å². The molecule has 0 radical (unpaired) electrons. The van der Waals surface area contributed by atoms with E-state index in [1.165, 1.54) is 12.1 Å². The minimum Gasteiger partial charge on any atom is -0.507 e. The molecule has 0 spiro atoms. The number of aromatic nitrogens is 1. The lowest BCUT2D eigenvalue weighted by atomic mass is 10.1. The highest BCUT2D eigenvalue weighted by Gasteiger charge is 2.19. The Morgan fingerprint density at radius 1 is 1.04 bits per heavy atom. The Morgan fingerprint density at radius 2 is 1.80 bits per heavy atom. The molecule has 0 saturated carbocycles. The summed E-state index contributed by atoms with van der Waals surface area (Å²) in [4.78, 5) is 4.62. The Labute approximate surface area is 149 Å². The molecule has 0 atom stereocenters. The largest absolute Gasteiger partial charge is 0.507 e. The number of piperazine rings is 1. The van der Waals surface area contributed by atoms with Gasteiger partial charge in [-0.25, -0.2) is 0 Å². The first-order valence-electron chi connectivity index (χ1n) is 8.07. The van der Waals surface area contributed by atoms with Crippen molar-refractivity contribution in [3.63, 3.8) is 0 Å². The van der Waals surface area contributed by atoms with Gasteiger partial charge in [-0.05, 0) is 31.3 Å². The van der Waals surface area contributed by atoms with Crippen molar-refractivity contribution in [3.8, 4) is 22.8 Å². The molecule has 2 heterocycles. The molecule has 2 aromatic carbocycles. The molecular weight excluding hydrogens is 342 g/mol. The first kappa shape index (κ1) is 16.1. The Kier molecular flexibility index (Phi) is 3.94. The van der Waals surface area contributed by atoms with E-state index in [4.69, 9.17) is 16.1 Å². The quantitative estimate of drug-likeness (QED) is 0.731. The van der Waals surface area contributed by atoms with Gasteiger partial charge in [-0.2, -0.15) is 0 Å². The molecule has 1 aliphatic heterocycles. The molecule has 25 heavy (non-hydrogen) atoms. The van der Waals surface area contributed by atoms with Crippen LogP contribution in [0.15, 0.2) is 34.9 Å². The van der Waals surface area contributed by atoms with Gasteiger partial charge in [0.1, 0.15) is 17.2 Å². The minimum atomic E-state index is -0.172. The molecule has 0 amide bonds. The lowest BCUT2D eigenvalue weighted by Crippen LogP contribution is -2.44. The van der Waals surface area contributed by atoms with Gasteiger partial charge >= 0.3 is 0 Å². The number of aromatic hydroxyl groups is 2. The van der Waals surface area contributed by atoms with Gasteiger partial charge in [0.05, 0.1) is 10.4 Å². The normalized spacial score (nSPS) is 15.8. The summed E-state index contributed by atoms with van der Waals surface area (Å²) in [6.07, 6.45) is 0. The number of nitrogens with zero attached hydrogens (tertiary/aromatic N) is 3. The van der Waals surface area contributed by atoms with Gasteiger partial charge in [-0.15, -0.1) is 0 Å². The Morgan fingerprint density at radius 3 is 2.56 bits per heavy atom. The van der Waals surface area contributed by atoms with Gasteiger partial charge in [0.25, 0.3) is 0 Å². The number of phenols is 2. The summed E-state index contributed by atoms with van der Waals surface area (Å²) in [7, 11) is 2.12. The van der Waals surface area contributed by atoms with Crippen LogP contribution in [0.25, 0.3) is 22.2 Å². The van der Waals surface area contributed by atoms with E-state index in [1.54, 1.807) is 0 Å². The number of hydrogen-bond donors (Lipinski definition) is 2. The minimum absolute atomic E-state index is 0.0953. The number of likely N-dealkylation sites (N-methyl/N-ethyl adjacent to an activating group) is 1. The average molecular weight is 360 g/mol. The molecule has 6 nitrogen and oxygen atoms in total. The monoisotopic (exact) mass is 359 g/mol. The Balaban J connectivity index is 1.78. The lowest BCUT2D eigenvalue weighted by molar-refractivity contribution is 0.313. The number of rotatable bonds is 2. The summed E-state index contributed by atoms with van der Waals surface area (Å²) in [5.74, 6) is -0.268. The molecule has 3 aromatic rings. The molecule has 1 saturated heterocycles. The fraction of sp³-hybridized carbons (Fsp3) is 0.278. The van der Waals surface area contributed by atoms with Crippen LogP contribution < -0.4 is 4.90 Å². The van der Waals surface area contributed by atoms with Crippen molar-refractivity contribution in [1.29, 1.82) is 0 Å². The number of anilines is 1. The summed E-state index contributed by atoms with van der Waals surface area (Å²) in [6, 6.07) is 8.63. The molecule has 2 N–H and O–H groups in total. The van der Waals surface area contributed by atoms with Gasteiger partial charge in [0, 0.05) is 43.5 Å². The van der Waals surface area contributed by atoms with Crippen LogP contribution in [-0.2, 0) is 0 Å². The molecule has 0 aliphatic carbocycles. The van der Waals surface area contributed by atoms with Crippen LogP contribution >= 0.6 is 11.6 Å². The van der Waals surface area contributed by atoms with Crippen molar-refractivity contribution >= 4 is 28.3 Å². The molecule has 0 unspecified atom stereocenters. The standard InChI is InChI=1S/C18H18ClN3O3/c1-21-4-6-22(7-5-21)11-2-3-17-13(8-11)18(20-25-17)12-9-14(19)16(24)10-15(12)23/h2-3,8-10,23-24H,4-7H2,1H3. The third kappa shape index (κ3) is 2.88. The zero-order valence-corrected chi connectivity index (χ0v) is 14.5. The second-order valence-corrected chi connectivity index (χ2v) is 6.73. The molecular formula is C18H18ClN3O3. The number of benzene rings is 2. The van der Waals surface area contributed by atoms with Crippen LogP contribution in [0.3, 0.4) is 0 Å². The van der Waals surface area contributed by atoms with Crippen molar-refractivity contribution < 1.29 is 14.7 Å². The topological polar surface area (TPSA) is 73.0 Å². The maximum atomic E-state index is 10.2. The first-order valence-corrected chi connectivity index (χ1v) is 8.45. The summed E-state index contributed by atoms with van der Waals surface area (Å²) in [5.41, 5.74) is 2.66. The Hall–Kier alpha value is -2.44. The van der Waals surface area contributed by atoms with Crippen LogP contribution in [0.5, 0.6) is 11.5 Å². The van der Waals surface area contributed by atoms with E-state index in [2.05, 4.69) is 22.0 Å². The van der Waals surface area contributed by atoms with E-state index < -0.39 is 0 Å². The van der Waals surface area contributed by atoms with Gasteiger partial charge in [0.15, 0.2) is 5.58 Å². The van der Waals surface area contributed by atoms with Crippen molar-refractivity contribution in [1.82, 2.24) is 10.1 Å². The number of phenolic OH excluding ortho intramolecular Hbond substituents is 2. The van der Waals surface area contributed by atoms with E-state index in [0.29, 0.717) is 16.8 Å². The van der Waals surface area contributed by atoms with Crippen molar-refractivity contribution in [2.45, 2.75) is 0 Å². The van der Waals surface area contributed by atoms with Crippen LogP contribution in [0.4, 0.5) is 5.69 Å². The van der Waals surface area contributed by atoms with E-state index in [-0.39, 0.29) is 16.5 Å². The smallest absolute Gasteiger partial charge is 0.167 e. The van der Waals surface area contributed by atoms with Crippen LogP contribution in [0.2, 0.25) is 5.02 Å². The number of halogens is 1. The highest BCUT2D eigenvalue weighted by atomic mass is 35.5. The SMILES string of the molecule is CN1CCN(c2ccc3onc(-c4cc(Cl)c(O)cc4O)c3c2)CC1. The third-order valence-corrected chi connectivity index (χ3v) is 4.94. The van der Waals surface area contributed by atoms with E-state index in [1.807, 2.05) is 18.2 Å². The van der Waals surface area contributed by atoms with Crippen molar-refractivity contribution in [2.75, 3.05) is 38.1 Å². The second-order valence-electron chi connectivity index (χ2n) is 6.32. The highest BCUT2D eigenvalue weighted by Crippen LogP contribution is 2.40. The fourth-order valence-electron chi connectivity index (χ4n) is 3.12. The van der Waals surface area contributed by atoms with Crippen LogP contribution in [-0.4, -0.2) is 53.5 Å². The summed E-state index contributed by atoms with van der Waals surface area (Å²) in [6.45, 7) is 3.95. The third-order valence-electron chi connectivity index (χ3n) is 4.64. The second kappa shape index (κ2) is 6.13. The first-order chi connectivity index (χ1) is 12.0. The Bertz CT molecular complexity index is 933. The molecule has 0 bridgehead atoms. The van der Waals surface area contributed by atoms with Crippen LogP contribution in [0.1, 0.15) is 0 Å². The van der Waals surface area contributed by atoms with Crippen molar-refractivity contribution in [3.05, 3.63) is 35.4 Å². The zero-order valence-electron chi connectivity index (χ0n) is 13.7. The number of hydrogen-bond acceptors (Lipinski definition) is 6. The fourth-order valence-corrected chi connectivity index (χ4v) is 3.29. The predicted octanol–water partition coefficient (Wildman–Crippen LogP) is 3.31. The molecule has 1 fully saturated rings. The molecule has 1 aromatic heterocycles. The summed E-state index contributed by atoms with van der Waals surface area (Å²) in [5, 5.41) is 24.8. The van der Waals surface area contributed by atoms with Gasteiger partial charge in [0.2, 0.25) is 0 Å². The molecule has 4 rings (SSSR count). The predicted molar refractivity (Wildman–Crippen MR) is 97.5 cm³/mol. The highest BCUT2D eigenvalue weighted by molar-refractivity contribution is 6.32. The van der Waals surface area contributed by atoms with Gasteiger partial charge < -0.3 is 24.5 Å². The number of fused-ring (bicyclic) bond motifs is 1.